The SMILES string of the molecule is CNC(=O)Oc1ccc(F)cc1C(C)(C)CC(O)(Cn1cc(C)c(=O)c(C)c1)C(F)(F)F. The van der Waals surface area contributed by atoms with E-state index in [1.54, 1.807) is 0 Å². The lowest BCUT2D eigenvalue weighted by Crippen LogP contribution is -2.52. The number of rotatable bonds is 6. The van der Waals surface area contributed by atoms with Gasteiger partial charge in [0.25, 0.3) is 0 Å². The summed E-state index contributed by atoms with van der Waals surface area (Å²) in [4.78, 5) is 23.5. The van der Waals surface area contributed by atoms with Crippen molar-refractivity contribution in [2.75, 3.05) is 7.05 Å². The highest BCUT2D eigenvalue weighted by molar-refractivity contribution is 5.70. The van der Waals surface area contributed by atoms with Crippen LogP contribution in [0.4, 0.5) is 22.4 Å². The topological polar surface area (TPSA) is 80.6 Å². The number of aromatic nitrogens is 1. The van der Waals surface area contributed by atoms with Crippen molar-refractivity contribution in [3.8, 4) is 5.75 Å². The molecule has 0 saturated carbocycles. The average molecular weight is 458 g/mol. The molecule has 0 aliphatic rings. The number of halogens is 4. The van der Waals surface area contributed by atoms with Crippen molar-refractivity contribution in [1.82, 2.24) is 9.88 Å². The van der Waals surface area contributed by atoms with Crippen molar-refractivity contribution in [1.29, 1.82) is 0 Å². The third-order valence-corrected chi connectivity index (χ3v) is 5.22. The van der Waals surface area contributed by atoms with Gasteiger partial charge in [0.15, 0.2) is 11.0 Å². The van der Waals surface area contributed by atoms with Crippen molar-refractivity contribution in [3.63, 3.8) is 0 Å². The minimum atomic E-state index is -5.05. The van der Waals surface area contributed by atoms with Crippen LogP contribution in [-0.2, 0) is 12.0 Å². The van der Waals surface area contributed by atoms with Crippen LogP contribution in [0.2, 0.25) is 0 Å². The van der Waals surface area contributed by atoms with E-state index in [4.69, 9.17) is 4.74 Å². The van der Waals surface area contributed by atoms with E-state index in [0.29, 0.717) is 0 Å². The van der Waals surface area contributed by atoms with Gasteiger partial charge in [-0.15, -0.1) is 0 Å². The largest absolute Gasteiger partial charge is 0.418 e. The quantitative estimate of drug-likeness (QED) is 0.642. The second-order valence-electron chi connectivity index (χ2n) is 8.50. The lowest BCUT2D eigenvalue weighted by molar-refractivity contribution is -0.271. The molecule has 176 valence electrons. The molecule has 2 rings (SSSR count). The first-order chi connectivity index (χ1) is 14.6. The monoisotopic (exact) mass is 458 g/mol. The van der Waals surface area contributed by atoms with Crippen LogP contribution in [0.5, 0.6) is 5.75 Å². The molecule has 2 N–H and O–H groups in total. The number of nitrogens with one attached hydrogen (secondary N) is 1. The van der Waals surface area contributed by atoms with Crippen LogP contribution in [0.1, 0.15) is 37.0 Å². The second kappa shape index (κ2) is 8.93. The summed E-state index contributed by atoms with van der Waals surface area (Å²) in [6.45, 7) is 4.83. The molecule has 2 aromatic rings. The molecule has 1 aromatic heterocycles. The normalized spacial score (nSPS) is 14.1. The standard InChI is InChI=1S/C22H26F4N2O4/c1-13-9-28(10-14(2)18(13)29)12-21(31,22(24,25)26)11-20(3,4)16-8-15(23)6-7-17(16)32-19(30)27-5/h6-10,31H,11-12H2,1-5H3,(H,27,30). The summed E-state index contributed by atoms with van der Waals surface area (Å²) >= 11 is 0. The van der Waals surface area contributed by atoms with Crippen LogP contribution >= 0.6 is 0 Å². The van der Waals surface area contributed by atoms with Crippen LogP contribution in [-0.4, -0.2) is 34.6 Å². The fourth-order valence-corrected chi connectivity index (χ4v) is 3.70. The van der Waals surface area contributed by atoms with Crippen molar-refractivity contribution >= 4 is 6.09 Å². The minimum Gasteiger partial charge on any atom is -0.410 e. The van der Waals surface area contributed by atoms with E-state index in [9.17, 15) is 32.3 Å². The maximum Gasteiger partial charge on any atom is 0.418 e. The van der Waals surface area contributed by atoms with Crippen LogP contribution in [0.3, 0.4) is 0 Å². The summed E-state index contributed by atoms with van der Waals surface area (Å²) in [5, 5.41) is 13.0. The Hall–Kier alpha value is -2.88. The zero-order valence-electron chi connectivity index (χ0n) is 18.4. The van der Waals surface area contributed by atoms with E-state index in [-0.39, 0.29) is 27.9 Å². The number of alkyl halides is 3. The summed E-state index contributed by atoms with van der Waals surface area (Å²) in [7, 11) is 1.30. The summed E-state index contributed by atoms with van der Waals surface area (Å²) in [6, 6.07) is 3.13. The molecule has 1 unspecified atom stereocenters. The molecular weight excluding hydrogens is 432 g/mol. The molecule has 1 heterocycles. The van der Waals surface area contributed by atoms with Gasteiger partial charge in [0.05, 0.1) is 6.54 Å². The lowest BCUT2D eigenvalue weighted by atomic mass is 9.74. The van der Waals surface area contributed by atoms with Gasteiger partial charge in [-0.1, -0.05) is 13.8 Å². The summed E-state index contributed by atoms with van der Waals surface area (Å²) in [6.07, 6.45) is -4.33. The number of pyridine rings is 1. The van der Waals surface area contributed by atoms with E-state index >= 15 is 0 Å². The fourth-order valence-electron chi connectivity index (χ4n) is 3.70. The molecule has 6 nitrogen and oxygen atoms in total. The van der Waals surface area contributed by atoms with E-state index < -0.39 is 42.1 Å². The summed E-state index contributed by atoms with van der Waals surface area (Å²) < 4.78 is 62.4. The van der Waals surface area contributed by atoms with Gasteiger partial charge >= 0.3 is 12.3 Å². The van der Waals surface area contributed by atoms with E-state index in [1.807, 2.05) is 0 Å². The van der Waals surface area contributed by atoms with Gasteiger partial charge in [-0.2, -0.15) is 13.2 Å². The molecule has 0 aliphatic heterocycles. The molecular formula is C22H26F4N2O4. The van der Waals surface area contributed by atoms with E-state index in [0.717, 1.165) is 22.8 Å². The molecule has 0 fully saturated rings. The number of carbonyl (C=O) groups is 1. The lowest BCUT2D eigenvalue weighted by Gasteiger charge is -2.38. The number of aliphatic hydroxyl groups is 1. The van der Waals surface area contributed by atoms with Gasteiger partial charge in [0.1, 0.15) is 11.6 Å². The Morgan fingerprint density at radius 2 is 1.72 bits per heavy atom. The molecule has 0 bridgehead atoms. The third kappa shape index (κ3) is 5.48. The maximum atomic E-state index is 14.1. The summed E-state index contributed by atoms with van der Waals surface area (Å²) in [5.74, 6) is -0.866. The number of nitrogens with zero attached hydrogens (tertiary/aromatic N) is 1. The highest BCUT2D eigenvalue weighted by Gasteiger charge is 2.56. The Morgan fingerprint density at radius 3 is 2.22 bits per heavy atom. The molecule has 10 heteroatoms. The van der Waals surface area contributed by atoms with Crippen LogP contribution in [0.25, 0.3) is 0 Å². The molecule has 1 amide bonds. The first-order valence-corrected chi connectivity index (χ1v) is 9.75. The van der Waals surface area contributed by atoms with Crippen LogP contribution in [0, 0.1) is 19.7 Å². The predicted octanol–water partition coefficient (Wildman–Crippen LogP) is 3.98. The van der Waals surface area contributed by atoms with Gasteiger partial charge in [-0.05, 0) is 43.9 Å². The number of aryl methyl sites for hydroxylation is 2. The van der Waals surface area contributed by atoms with Gasteiger partial charge in [-0.3, -0.25) is 4.79 Å². The molecule has 0 radical (unpaired) electrons. The Bertz CT molecular complexity index is 1040. The Morgan fingerprint density at radius 1 is 1.16 bits per heavy atom. The van der Waals surface area contributed by atoms with Crippen molar-refractivity contribution in [3.05, 3.63) is 63.3 Å². The first kappa shape index (κ1) is 25.4. The smallest absolute Gasteiger partial charge is 0.410 e. The van der Waals surface area contributed by atoms with E-state index in [1.165, 1.54) is 47.1 Å². The minimum absolute atomic E-state index is 0.0176. The van der Waals surface area contributed by atoms with Gasteiger partial charge < -0.3 is 19.7 Å². The molecule has 1 aromatic carbocycles. The Labute approximate surface area is 182 Å². The number of ether oxygens (including phenoxy) is 1. The molecule has 0 spiro atoms. The van der Waals surface area contributed by atoms with Crippen molar-refractivity contribution in [2.45, 2.75) is 57.9 Å². The first-order valence-electron chi connectivity index (χ1n) is 9.75. The van der Waals surface area contributed by atoms with Crippen LogP contribution < -0.4 is 15.5 Å². The van der Waals surface area contributed by atoms with Gasteiger partial charge in [0.2, 0.25) is 0 Å². The van der Waals surface area contributed by atoms with Crippen molar-refractivity contribution in [2.24, 2.45) is 0 Å². The molecule has 1 atom stereocenters. The number of amides is 1. The number of benzene rings is 1. The Balaban J connectivity index is 2.52. The van der Waals surface area contributed by atoms with Crippen LogP contribution in [0.15, 0.2) is 35.4 Å². The zero-order chi connectivity index (χ0) is 24.5. The summed E-state index contributed by atoms with van der Waals surface area (Å²) in [5.41, 5.74) is -4.55. The maximum absolute atomic E-state index is 14.1. The second-order valence-corrected chi connectivity index (χ2v) is 8.50. The third-order valence-electron chi connectivity index (χ3n) is 5.22. The van der Waals surface area contributed by atoms with Gasteiger partial charge in [-0.25, -0.2) is 9.18 Å². The molecule has 32 heavy (non-hydrogen) atoms. The number of carbonyl (C=O) groups excluding carboxylic acids is 1. The highest BCUT2D eigenvalue weighted by Crippen LogP contribution is 2.44. The number of hydrogen-bond donors (Lipinski definition) is 2. The predicted molar refractivity (Wildman–Crippen MR) is 110 cm³/mol. The van der Waals surface area contributed by atoms with E-state index in [2.05, 4.69) is 5.32 Å². The number of hydrogen-bond acceptors (Lipinski definition) is 4. The average Bonchev–Trinajstić information content (AvgIpc) is 2.65. The van der Waals surface area contributed by atoms with Crippen molar-refractivity contribution < 1.29 is 32.2 Å². The zero-order valence-corrected chi connectivity index (χ0v) is 18.4. The Kier molecular flexibility index (Phi) is 7.08. The van der Waals surface area contributed by atoms with Gasteiger partial charge in [0, 0.05) is 36.1 Å². The highest BCUT2D eigenvalue weighted by atomic mass is 19.4. The molecule has 0 aliphatic carbocycles. The fraction of sp³-hybridized carbons (Fsp3) is 0.455. The molecule has 0 saturated heterocycles.